The largest absolute Gasteiger partial charge is 0.310 e. The number of halogens is 2. The Bertz CT molecular complexity index is 369. The van der Waals surface area contributed by atoms with Crippen LogP contribution in [0, 0.1) is 12.7 Å². The number of nitrogens with one attached hydrogen (secondary N) is 1. The van der Waals surface area contributed by atoms with Gasteiger partial charge in [0.15, 0.2) is 0 Å². The number of ketones is 1. The molecule has 0 saturated heterocycles. The van der Waals surface area contributed by atoms with Crippen LogP contribution in [0.4, 0.5) is 4.39 Å². The van der Waals surface area contributed by atoms with E-state index in [1.54, 1.807) is 19.1 Å². The maximum Gasteiger partial charge on any atom is 0.143 e. The molecule has 1 N–H and O–H groups in total. The zero-order valence-electron chi connectivity index (χ0n) is 11.2. The van der Waals surface area contributed by atoms with E-state index in [4.69, 9.17) is 11.6 Å². The van der Waals surface area contributed by atoms with Crippen molar-refractivity contribution in [3.63, 3.8) is 0 Å². The molecule has 0 fully saturated rings. The van der Waals surface area contributed by atoms with Crippen molar-refractivity contribution in [2.24, 2.45) is 0 Å². The van der Waals surface area contributed by atoms with Crippen LogP contribution in [0.5, 0.6) is 0 Å². The summed E-state index contributed by atoms with van der Waals surface area (Å²) in [6.45, 7) is 7.05. The highest BCUT2D eigenvalue weighted by Crippen LogP contribution is 2.14. The third-order valence-electron chi connectivity index (χ3n) is 2.16. The first-order valence-corrected chi connectivity index (χ1v) is 6.47. The van der Waals surface area contributed by atoms with E-state index in [1.807, 2.05) is 6.92 Å². The maximum atomic E-state index is 12.4. The zero-order chi connectivity index (χ0) is 14.0. The van der Waals surface area contributed by atoms with Crippen LogP contribution >= 0.6 is 11.6 Å². The van der Waals surface area contributed by atoms with Crippen molar-refractivity contribution < 1.29 is 9.18 Å². The molecule has 0 aliphatic carbocycles. The summed E-state index contributed by atoms with van der Waals surface area (Å²) in [5.74, 6) is -0.136. The molecule has 0 heterocycles. The van der Waals surface area contributed by atoms with Gasteiger partial charge in [-0.3, -0.25) is 4.79 Å². The fraction of sp³-hybridized carbons (Fsp3) is 0.500. The predicted molar refractivity (Wildman–Crippen MR) is 74.6 cm³/mol. The number of aryl methyl sites for hydroxylation is 1. The second kappa shape index (κ2) is 10.0. The van der Waals surface area contributed by atoms with E-state index >= 15 is 0 Å². The van der Waals surface area contributed by atoms with Crippen molar-refractivity contribution in [1.29, 1.82) is 0 Å². The number of unbranched alkanes of at least 4 members (excludes halogenated alkanes) is 1. The SMILES string of the molecule is CCCCNCC(C)=O.Cc1ccc(Cl)c(F)c1. The van der Waals surface area contributed by atoms with Gasteiger partial charge in [0, 0.05) is 0 Å². The highest BCUT2D eigenvalue weighted by molar-refractivity contribution is 6.30. The lowest BCUT2D eigenvalue weighted by Gasteiger charge is -1.97. The van der Waals surface area contributed by atoms with Crippen molar-refractivity contribution in [1.82, 2.24) is 5.32 Å². The van der Waals surface area contributed by atoms with E-state index in [-0.39, 0.29) is 16.6 Å². The number of carbonyl (C=O) groups excluding carboxylic acids is 1. The average Bonchev–Trinajstić information content (AvgIpc) is 2.31. The molecule has 0 bridgehead atoms. The normalized spacial score (nSPS) is 9.61. The first kappa shape index (κ1) is 17.1. The van der Waals surface area contributed by atoms with E-state index in [0.29, 0.717) is 6.54 Å². The molecule has 4 heteroatoms. The lowest BCUT2D eigenvalue weighted by molar-refractivity contribution is -0.116. The maximum absolute atomic E-state index is 12.4. The van der Waals surface area contributed by atoms with Gasteiger partial charge in [-0.05, 0) is 44.5 Å². The molecular weight excluding hydrogens is 253 g/mol. The standard InChI is InChI=1S/C7H6ClF.C7H15NO/c1-5-2-3-6(8)7(9)4-5;1-3-4-5-8-6-7(2)9/h2-4H,1H3;8H,3-6H2,1-2H3. The molecule has 1 aromatic rings. The van der Waals surface area contributed by atoms with Crippen LogP contribution in [0.25, 0.3) is 0 Å². The fourth-order valence-electron chi connectivity index (χ4n) is 1.17. The third kappa shape index (κ3) is 9.14. The fourth-order valence-corrected chi connectivity index (χ4v) is 1.28. The van der Waals surface area contributed by atoms with Gasteiger partial charge in [-0.1, -0.05) is 31.0 Å². The van der Waals surface area contributed by atoms with Crippen LogP contribution < -0.4 is 5.32 Å². The Morgan fingerprint density at radius 1 is 1.44 bits per heavy atom. The summed E-state index contributed by atoms with van der Waals surface area (Å²) in [7, 11) is 0. The number of carbonyl (C=O) groups is 1. The molecule has 0 aliphatic heterocycles. The first-order chi connectivity index (χ1) is 8.47. The van der Waals surface area contributed by atoms with Crippen molar-refractivity contribution in [3.05, 3.63) is 34.6 Å². The second-order valence-electron chi connectivity index (χ2n) is 4.15. The van der Waals surface area contributed by atoms with Crippen molar-refractivity contribution in [3.8, 4) is 0 Å². The van der Waals surface area contributed by atoms with Crippen LogP contribution in [-0.4, -0.2) is 18.9 Å². The summed E-state index contributed by atoms with van der Waals surface area (Å²) in [4.78, 5) is 10.3. The average molecular weight is 274 g/mol. The molecule has 1 rings (SSSR count). The number of hydrogen-bond acceptors (Lipinski definition) is 2. The molecule has 18 heavy (non-hydrogen) atoms. The predicted octanol–water partition coefficient (Wildman–Crippen LogP) is 3.75. The van der Waals surface area contributed by atoms with Gasteiger partial charge in [0.05, 0.1) is 11.6 Å². The summed E-state index contributed by atoms with van der Waals surface area (Å²) in [5.41, 5.74) is 0.886. The zero-order valence-corrected chi connectivity index (χ0v) is 12.0. The lowest BCUT2D eigenvalue weighted by Crippen LogP contribution is -2.21. The first-order valence-electron chi connectivity index (χ1n) is 6.09. The number of Topliss-reactive ketones (excluding diaryl/α,β-unsaturated/α-hetero) is 1. The lowest BCUT2D eigenvalue weighted by atomic mass is 10.2. The van der Waals surface area contributed by atoms with Crippen molar-refractivity contribution in [2.75, 3.05) is 13.1 Å². The molecule has 0 amide bonds. The van der Waals surface area contributed by atoms with E-state index in [1.165, 1.54) is 12.5 Å². The highest BCUT2D eigenvalue weighted by Gasteiger charge is 1.95. The van der Waals surface area contributed by atoms with Gasteiger partial charge in [-0.25, -0.2) is 4.39 Å². The number of rotatable bonds is 5. The molecule has 2 nitrogen and oxygen atoms in total. The summed E-state index contributed by atoms with van der Waals surface area (Å²) in [5, 5.41) is 3.22. The quantitative estimate of drug-likeness (QED) is 0.828. The summed E-state index contributed by atoms with van der Waals surface area (Å²) < 4.78 is 12.4. The Morgan fingerprint density at radius 3 is 2.56 bits per heavy atom. The Morgan fingerprint density at radius 2 is 2.11 bits per heavy atom. The Kier molecular flexibility index (Phi) is 9.52. The van der Waals surface area contributed by atoms with Crippen LogP contribution in [0.15, 0.2) is 18.2 Å². The summed E-state index contributed by atoms with van der Waals surface area (Å²) in [6, 6.07) is 4.72. The Hall–Kier alpha value is -0.930. The van der Waals surface area contributed by atoms with Crippen LogP contribution in [0.3, 0.4) is 0 Å². The topological polar surface area (TPSA) is 29.1 Å². The van der Waals surface area contributed by atoms with Crippen molar-refractivity contribution in [2.45, 2.75) is 33.6 Å². The van der Waals surface area contributed by atoms with Gasteiger partial charge in [0.1, 0.15) is 11.6 Å². The molecule has 0 unspecified atom stereocenters. The van der Waals surface area contributed by atoms with Gasteiger partial charge in [-0.15, -0.1) is 0 Å². The van der Waals surface area contributed by atoms with Gasteiger partial charge in [-0.2, -0.15) is 0 Å². The second-order valence-corrected chi connectivity index (χ2v) is 4.56. The molecule has 0 spiro atoms. The smallest absolute Gasteiger partial charge is 0.143 e. The minimum Gasteiger partial charge on any atom is -0.310 e. The molecule has 1 aromatic carbocycles. The molecule has 0 aromatic heterocycles. The van der Waals surface area contributed by atoms with Crippen LogP contribution in [-0.2, 0) is 4.79 Å². The van der Waals surface area contributed by atoms with Crippen LogP contribution in [0.2, 0.25) is 5.02 Å². The number of benzene rings is 1. The van der Waals surface area contributed by atoms with Gasteiger partial charge in [0.2, 0.25) is 0 Å². The van der Waals surface area contributed by atoms with Crippen LogP contribution in [0.1, 0.15) is 32.3 Å². The van der Waals surface area contributed by atoms with Gasteiger partial charge in [0.25, 0.3) is 0 Å². The molecule has 0 saturated carbocycles. The minimum absolute atomic E-state index is 0.181. The van der Waals surface area contributed by atoms with E-state index in [0.717, 1.165) is 18.5 Å². The molecular formula is C14H21ClFNO. The molecule has 0 atom stereocenters. The monoisotopic (exact) mass is 273 g/mol. The van der Waals surface area contributed by atoms with E-state index < -0.39 is 0 Å². The molecule has 0 radical (unpaired) electrons. The molecule has 102 valence electrons. The van der Waals surface area contributed by atoms with E-state index in [2.05, 4.69) is 12.2 Å². The number of hydrogen-bond donors (Lipinski definition) is 1. The third-order valence-corrected chi connectivity index (χ3v) is 2.46. The van der Waals surface area contributed by atoms with E-state index in [9.17, 15) is 9.18 Å². The van der Waals surface area contributed by atoms with Gasteiger partial charge < -0.3 is 5.32 Å². The highest BCUT2D eigenvalue weighted by atomic mass is 35.5. The summed E-state index contributed by atoms with van der Waals surface area (Å²) in [6.07, 6.45) is 2.35. The Labute approximate surface area is 114 Å². The Balaban J connectivity index is 0.000000321. The van der Waals surface area contributed by atoms with Gasteiger partial charge >= 0.3 is 0 Å². The minimum atomic E-state index is -0.350. The summed E-state index contributed by atoms with van der Waals surface area (Å²) >= 11 is 5.41. The molecule has 0 aliphatic rings. The van der Waals surface area contributed by atoms with Crippen molar-refractivity contribution >= 4 is 17.4 Å².